The SMILES string of the molecule is CCSC=C1C(=O)C(c2cccs2)=NN(CCC(C)C)C1=O. The lowest BCUT2D eigenvalue weighted by molar-refractivity contribution is -0.130. The van der Waals surface area contributed by atoms with Crippen molar-refractivity contribution in [3.05, 3.63) is 33.4 Å². The number of carbonyl (C=O) groups excluding carboxylic acids is 2. The van der Waals surface area contributed by atoms with Gasteiger partial charge in [0, 0.05) is 6.54 Å². The van der Waals surface area contributed by atoms with Gasteiger partial charge in [-0.3, -0.25) is 9.59 Å². The van der Waals surface area contributed by atoms with Crippen molar-refractivity contribution in [2.24, 2.45) is 11.0 Å². The second-order valence-corrected chi connectivity index (χ2v) is 7.45. The minimum absolute atomic E-state index is 0.231. The van der Waals surface area contributed by atoms with Crippen molar-refractivity contribution in [1.29, 1.82) is 0 Å². The van der Waals surface area contributed by atoms with Gasteiger partial charge in [-0.25, -0.2) is 5.01 Å². The molecule has 4 nitrogen and oxygen atoms in total. The van der Waals surface area contributed by atoms with Crippen LogP contribution in [0.1, 0.15) is 32.1 Å². The molecule has 0 spiro atoms. The maximum atomic E-state index is 12.6. The maximum Gasteiger partial charge on any atom is 0.278 e. The van der Waals surface area contributed by atoms with E-state index in [-0.39, 0.29) is 17.3 Å². The lowest BCUT2D eigenvalue weighted by Gasteiger charge is -2.24. The van der Waals surface area contributed by atoms with E-state index >= 15 is 0 Å². The molecule has 0 saturated carbocycles. The van der Waals surface area contributed by atoms with E-state index in [0.29, 0.717) is 18.2 Å². The Morgan fingerprint density at radius 1 is 1.41 bits per heavy atom. The summed E-state index contributed by atoms with van der Waals surface area (Å²) in [6.45, 7) is 6.73. The molecule has 0 fully saturated rings. The van der Waals surface area contributed by atoms with E-state index in [9.17, 15) is 9.59 Å². The predicted octanol–water partition coefficient (Wildman–Crippen LogP) is 3.55. The Labute approximate surface area is 139 Å². The molecule has 1 aliphatic rings. The zero-order valence-electron chi connectivity index (χ0n) is 13.0. The minimum Gasteiger partial charge on any atom is -0.286 e. The molecule has 0 radical (unpaired) electrons. The van der Waals surface area contributed by atoms with E-state index in [0.717, 1.165) is 17.1 Å². The number of amides is 1. The molecule has 2 heterocycles. The summed E-state index contributed by atoms with van der Waals surface area (Å²) in [6, 6.07) is 3.75. The lowest BCUT2D eigenvalue weighted by Crippen LogP contribution is -2.40. The Kier molecular flexibility index (Phi) is 5.97. The summed E-state index contributed by atoms with van der Waals surface area (Å²) in [4.78, 5) is 25.9. The number of hydrogen-bond acceptors (Lipinski definition) is 5. The summed E-state index contributed by atoms with van der Waals surface area (Å²) in [5.41, 5.74) is 0.607. The highest BCUT2D eigenvalue weighted by Crippen LogP contribution is 2.22. The first-order valence-electron chi connectivity index (χ1n) is 7.35. The first-order chi connectivity index (χ1) is 10.5. The van der Waals surface area contributed by atoms with Crippen LogP contribution in [0.4, 0.5) is 0 Å². The van der Waals surface area contributed by atoms with Gasteiger partial charge in [-0.1, -0.05) is 26.8 Å². The van der Waals surface area contributed by atoms with Crippen molar-refractivity contribution >= 4 is 40.5 Å². The van der Waals surface area contributed by atoms with Crippen molar-refractivity contribution in [2.75, 3.05) is 12.3 Å². The molecule has 22 heavy (non-hydrogen) atoms. The van der Waals surface area contributed by atoms with Crippen LogP contribution < -0.4 is 0 Å². The van der Waals surface area contributed by atoms with Gasteiger partial charge in [0.15, 0.2) is 0 Å². The summed E-state index contributed by atoms with van der Waals surface area (Å²) >= 11 is 2.93. The van der Waals surface area contributed by atoms with Crippen molar-refractivity contribution in [3.8, 4) is 0 Å². The molecule has 1 amide bonds. The zero-order valence-corrected chi connectivity index (χ0v) is 14.7. The molecular formula is C16H20N2O2S2. The van der Waals surface area contributed by atoms with Crippen LogP contribution in [-0.2, 0) is 9.59 Å². The zero-order chi connectivity index (χ0) is 16.1. The van der Waals surface area contributed by atoms with Gasteiger partial charge in [0.2, 0.25) is 5.78 Å². The Morgan fingerprint density at radius 2 is 2.18 bits per heavy atom. The van der Waals surface area contributed by atoms with E-state index < -0.39 is 0 Å². The highest BCUT2D eigenvalue weighted by molar-refractivity contribution is 8.02. The molecule has 0 atom stereocenters. The molecular weight excluding hydrogens is 316 g/mol. The van der Waals surface area contributed by atoms with Crippen molar-refractivity contribution in [1.82, 2.24) is 5.01 Å². The third kappa shape index (κ3) is 3.87. The van der Waals surface area contributed by atoms with E-state index in [4.69, 9.17) is 0 Å². The van der Waals surface area contributed by atoms with Crippen LogP contribution >= 0.6 is 23.1 Å². The fraction of sp³-hybridized carbons (Fsp3) is 0.438. The second-order valence-electron chi connectivity index (χ2n) is 5.35. The molecule has 1 aromatic rings. The number of thiophene rings is 1. The number of ketones is 1. The van der Waals surface area contributed by atoms with Gasteiger partial charge in [0.05, 0.1) is 10.5 Å². The van der Waals surface area contributed by atoms with Gasteiger partial charge < -0.3 is 0 Å². The fourth-order valence-electron chi connectivity index (χ4n) is 1.95. The largest absolute Gasteiger partial charge is 0.286 e. The van der Waals surface area contributed by atoms with Crippen molar-refractivity contribution in [3.63, 3.8) is 0 Å². The minimum atomic E-state index is -0.285. The maximum absolute atomic E-state index is 12.6. The van der Waals surface area contributed by atoms with Crippen LogP contribution in [0.5, 0.6) is 0 Å². The van der Waals surface area contributed by atoms with Gasteiger partial charge in [-0.2, -0.15) is 5.10 Å². The summed E-state index contributed by atoms with van der Waals surface area (Å²) in [7, 11) is 0. The second kappa shape index (κ2) is 7.74. The molecule has 2 rings (SSSR count). The number of carbonyl (C=O) groups is 2. The molecule has 0 aromatic carbocycles. The Bertz CT molecular complexity index is 604. The van der Waals surface area contributed by atoms with Gasteiger partial charge in [-0.15, -0.1) is 23.1 Å². The summed E-state index contributed by atoms with van der Waals surface area (Å²) < 4.78 is 0. The first-order valence-corrected chi connectivity index (χ1v) is 9.28. The summed E-state index contributed by atoms with van der Waals surface area (Å²) in [5.74, 6) is 0.742. The number of rotatable bonds is 6. The number of thioether (sulfide) groups is 1. The molecule has 0 unspecified atom stereocenters. The van der Waals surface area contributed by atoms with Crippen LogP contribution in [0.15, 0.2) is 33.6 Å². The monoisotopic (exact) mass is 336 g/mol. The fourth-order valence-corrected chi connectivity index (χ4v) is 3.20. The quantitative estimate of drug-likeness (QED) is 0.590. The van der Waals surface area contributed by atoms with Crippen LogP contribution in [0.2, 0.25) is 0 Å². The third-order valence-electron chi connectivity index (χ3n) is 3.19. The average Bonchev–Trinajstić information content (AvgIpc) is 3.00. The number of hydrazone groups is 1. The van der Waals surface area contributed by atoms with E-state index in [1.807, 2.05) is 24.4 Å². The number of Topliss-reactive ketones (excluding diaryl/α,β-unsaturated/α-hetero) is 1. The van der Waals surface area contributed by atoms with Crippen molar-refractivity contribution < 1.29 is 9.59 Å². The first kappa shape index (κ1) is 17.0. The Balaban J connectivity index is 2.36. The third-order valence-corrected chi connectivity index (χ3v) is 4.80. The molecule has 0 aliphatic carbocycles. The predicted molar refractivity (Wildman–Crippen MR) is 93.2 cm³/mol. The molecule has 118 valence electrons. The van der Waals surface area contributed by atoms with Gasteiger partial charge >= 0.3 is 0 Å². The Hall–Kier alpha value is -1.40. The smallest absolute Gasteiger partial charge is 0.278 e. The van der Waals surface area contributed by atoms with E-state index in [2.05, 4.69) is 18.9 Å². The molecule has 0 N–H and O–H groups in total. The van der Waals surface area contributed by atoms with Crippen LogP contribution in [0.25, 0.3) is 0 Å². The lowest BCUT2D eigenvalue weighted by atomic mass is 10.0. The standard InChI is InChI=1S/C16H20N2O2S2/c1-4-21-10-12-15(19)14(13-6-5-9-22-13)17-18(16(12)20)8-7-11(2)3/h5-6,9-11H,4,7-8H2,1-3H3. The van der Waals surface area contributed by atoms with Gasteiger partial charge in [0.1, 0.15) is 5.71 Å². The highest BCUT2D eigenvalue weighted by atomic mass is 32.2. The van der Waals surface area contributed by atoms with Crippen LogP contribution in [-0.4, -0.2) is 34.7 Å². The number of nitrogens with zero attached hydrogens (tertiary/aromatic N) is 2. The van der Waals surface area contributed by atoms with Gasteiger partial charge in [0.25, 0.3) is 5.91 Å². The number of hydrogen-bond donors (Lipinski definition) is 0. The van der Waals surface area contributed by atoms with Crippen LogP contribution in [0, 0.1) is 5.92 Å². The summed E-state index contributed by atoms with van der Waals surface area (Å²) in [5, 5.41) is 9.35. The average molecular weight is 336 g/mol. The summed E-state index contributed by atoms with van der Waals surface area (Å²) in [6.07, 6.45) is 0.856. The van der Waals surface area contributed by atoms with E-state index in [1.165, 1.54) is 28.1 Å². The topological polar surface area (TPSA) is 49.7 Å². The Morgan fingerprint density at radius 3 is 2.77 bits per heavy atom. The van der Waals surface area contributed by atoms with Gasteiger partial charge in [-0.05, 0) is 34.9 Å². The van der Waals surface area contributed by atoms with Crippen LogP contribution in [0.3, 0.4) is 0 Å². The molecule has 1 aromatic heterocycles. The molecule has 1 aliphatic heterocycles. The van der Waals surface area contributed by atoms with Crippen molar-refractivity contribution in [2.45, 2.75) is 27.2 Å². The van der Waals surface area contributed by atoms with E-state index in [1.54, 1.807) is 5.41 Å². The molecule has 6 heteroatoms. The molecule has 0 bridgehead atoms. The highest BCUT2D eigenvalue weighted by Gasteiger charge is 2.34. The normalized spacial score (nSPS) is 17.5. The molecule has 0 saturated heterocycles.